The van der Waals surface area contributed by atoms with Crippen molar-refractivity contribution in [3.8, 4) is 0 Å². The Morgan fingerprint density at radius 3 is 1.45 bits per heavy atom. The van der Waals surface area contributed by atoms with E-state index in [0.29, 0.717) is 0 Å². The van der Waals surface area contributed by atoms with Gasteiger partial charge in [-0.25, -0.2) is 0 Å². The third-order valence-corrected chi connectivity index (χ3v) is 0.827. The van der Waals surface area contributed by atoms with Crippen LogP contribution in [0.4, 0.5) is 0 Å². The summed E-state index contributed by atoms with van der Waals surface area (Å²) in [5, 5.41) is 15.1. The van der Waals surface area contributed by atoms with Gasteiger partial charge in [-0.1, -0.05) is 0 Å². The minimum Gasteiger partial charge on any atom is -0.400 e. The quantitative estimate of drug-likeness (QED) is 0.556. The van der Waals surface area contributed by atoms with Crippen molar-refractivity contribution in [2.45, 2.75) is 32.8 Å². The van der Waals surface area contributed by atoms with Crippen molar-refractivity contribution in [2.24, 2.45) is 0 Å². The fourth-order valence-electron chi connectivity index (χ4n) is 0.510. The maximum atomic E-state index is 8.06. The van der Waals surface area contributed by atoms with Crippen molar-refractivity contribution in [3.63, 3.8) is 0 Å². The lowest BCUT2D eigenvalue weighted by Crippen LogP contribution is -1.85. The van der Waals surface area contributed by atoms with Crippen LogP contribution in [0.2, 0.25) is 0 Å². The lowest BCUT2D eigenvalue weighted by Gasteiger charge is -1.80. The zero-order valence-electron chi connectivity index (χ0n) is 7.71. The number of hydrogen-bond acceptors (Lipinski definition) is 3. The molecule has 0 spiro atoms. The van der Waals surface area contributed by atoms with Gasteiger partial charge in [-0.3, -0.25) is 0 Å². The number of aliphatic hydroxyl groups is 2. The molecule has 1 saturated heterocycles. The van der Waals surface area contributed by atoms with Crippen LogP contribution in [-0.2, 0) is 4.74 Å². The second kappa shape index (κ2) is 12.5. The van der Waals surface area contributed by atoms with Gasteiger partial charge < -0.3 is 14.9 Å². The largest absolute Gasteiger partial charge is 0.400 e. The highest BCUT2D eigenvalue weighted by atomic mass is 16.5. The predicted molar refractivity (Wildman–Crippen MR) is 45.6 cm³/mol. The predicted octanol–water partition coefficient (Wildman–Crippen LogP) is 0.792. The molecule has 1 aliphatic rings. The Balaban J connectivity index is 0. The van der Waals surface area contributed by atoms with Crippen LogP contribution in [0, 0.1) is 0 Å². The Morgan fingerprint density at radius 1 is 1.09 bits per heavy atom. The fraction of sp³-hybridized carbons (Fsp3) is 1.00. The Labute approximate surface area is 69.0 Å². The highest BCUT2D eigenvalue weighted by Crippen LogP contribution is 1.98. The van der Waals surface area contributed by atoms with Gasteiger partial charge in [0.1, 0.15) is 0 Å². The van der Waals surface area contributed by atoms with E-state index in [1.807, 2.05) is 0 Å². The number of rotatable bonds is 0. The number of ether oxygens (including phenoxy) is 1. The lowest BCUT2D eigenvalue weighted by molar-refractivity contribution is 0.198. The Morgan fingerprint density at radius 2 is 1.36 bits per heavy atom. The summed E-state index contributed by atoms with van der Waals surface area (Å²) in [5.74, 6) is 0. The summed E-state index contributed by atoms with van der Waals surface area (Å²) in [6, 6.07) is 0. The van der Waals surface area contributed by atoms with Crippen LogP contribution in [0.1, 0.15) is 26.7 Å². The topological polar surface area (TPSA) is 49.7 Å². The molecule has 0 amide bonds. The Bertz CT molecular complexity index is 40.9. The first-order valence-electron chi connectivity index (χ1n) is 3.94. The number of hydrogen-bond donors (Lipinski definition) is 2. The summed E-state index contributed by atoms with van der Waals surface area (Å²) in [5.41, 5.74) is 0. The third kappa shape index (κ3) is 25.8. The van der Waals surface area contributed by atoms with E-state index < -0.39 is 0 Å². The normalized spacial score (nSPS) is 14.7. The summed E-state index contributed by atoms with van der Waals surface area (Å²) in [4.78, 5) is 0. The van der Waals surface area contributed by atoms with Crippen molar-refractivity contribution < 1.29 is 14.9 Å². The van der Waals surface area contributed by atoms with E-state index in [2.05, 4.69) is 0 Å². The van der Waals surface area contributed by atoms with E-state index in [1.54, 1.807) is 13.8 Å². The molecule has 0 unspecified atom stereocenters. The second-order valence-corrected chi connectivity index (χ2v) is 2.41. The lowest BCUT2D eigenvalue weighted by atomic mass is 10.4. The first kappa shape index (κ1) is 13.5. The summed E-state index contributed by atoms with van der Waals surface area (Å²) in [7, 11) is 1.00. The first-order valence-corrected chi connectivity index (χ1v) is 3.94. The van der Waals surface area contributed by atoms with Gasteiger partial charge in [0, 0.05) is 26.4 Å². The molecule has 0 aromatic rings. The van der Waals surface area contributed by atoms with Gasteiger partial charge in [0.15, 0.2) is 0 Å². The summed E-state index contributed by atoms with van der Waals surface area (Å²) in [6.07, 6.45) is 2.39. The van der Waals surface area contributed by atoms with Gasteiger partial charge in [0.2, 0.25) is 0 Å². The Hall–Kier alpha value is -0.120. The molecule has 3 heteroatoms. The second-order valence-electron chi connectivity index (χ2n) is 2.41. The molecule has 0 aromatic heterocycles. The maximum Gasteiger partial charge on any atom is 0.0483 e. The van der Waals surface area contributed by atoms with Crippen LogP contribution in [0.3, 0.4) is 0 Å². The Kier molecular flexibility index (Phi) is 15.4. The fourth-order valence-corrected chi connectivity index (χ4v) is 0.510. The van der Waals surface area contributed by atoms with Crippen molar-refractivity contribution in [1.82, 2.24) is 0 Å². The van der Waals surface area contributed by atoms with Crippen molar-refractivity contribution >= 4 is 0 Å². The average molecular weight is 164 g/mol. The molecule has 1 aliphatic heterocycles. The van der Waals surface area contributed by atoms with Crippen molar-refractivity contribution in [1.29, 1.82) is 0 Å². The first-order chi connectivity index (χ1) is 5.23. The summed E-state index contributed by atoms with van der Waals surface area (Å²) in [6.45, 7) is 5.44. The minimum absolute atomic E-state index is 0.167. The molecule has 1 fully saturated rings. The van der Waals surface area contributed by atoms with Crippen LogP contribution >= 0.6 is 0 Å². The zero-order valence-corrected chi connectivity index (χ0v) is 7.71. The van der Waals surface area contributed by atoms with Gasteiger partial charge in [-0.15, -0.1) is 0 Å². The van der Waals surface area contributed by atoms with E-state index in [1.165, 1.54) is 12.8 Å². The van der Waals surface area contributed by atoms with Crippen LogP contribution < -0.4 is 0 Å². The molecule has 0 atom stereocenters. The van der Waals surface area contributed by atoms with E-state index in [9.17, 15) is 0 Å². The molecule has 2 N–H and O–H groups in total. The molecule has 0 radical (unpaired) electrons. The van der Waals surface area contributed by atoms with E-state index in [4.69, 9.17) is 14.9 Å². The third-order valence-electron chi connectivity index (χ3n) is 0.827. The SMILES string of the molecule is C1CCOC1.CC(C)O.CO. The molecule has 3 nitrogen and oxygen atoms in total. The minimum atomic E-state index is -0.167. The van der Waals surface area contributed by atoms with Gasteiger partial charge in [0.25, 0.3) is 0 Å². The summed E-state index contributed by atoms with van der Waals surface area (Å²) < 4.78 is 4.94. The highest BCUT2D eigenvalue weighted by molar-refractivity contribution is 4.43. The number of aliphatic hydroxyl groups excluding tert-OH is 2. The van der Waals surface area contributed by atoms with Crippen LogP contribution in [-0.4, -0.2) is 36.6 Å². The summed E-state index contributed by atoms with van der Waals surface area (Å²) >= 11 is 0. The highest BCUT2D eigenvalue weighted by Gasteiger charge is 1.94. The zero-order chi connectivity index (χ0) is 9.11. The van der Waals surface area contributed by atoms with Crippen LogP contribution in [0.5, 0.6) is 0 Å². The monoisotopic (exact) mass is 164 g/mol. The molecular formula is C8H20O3. The van der Waals surface area contributed by atoms with Gasteiger partial charge >= 0.3 is 0 Å². The molecular weight excluding hydrogens is 144 g/mol. The molecule has 1 rings (SSSR count). The average Bonchev–Trinajstić information content (AvgIpc) is 2.44. The van der Waals surface area contributed by atoms with Crippen molar-refractivity contribution in [2.75, 3.05) is 20.3 Å². The van der Waals surface area contributed by atoms with Crippen LogP contribution in [0.25, 0.3) is 0 Å². The van der Waals surface area contributed by atoms with Gasteiger partial charge in [0.05, 0.1) is 0 Å². The van der Waals surface area contributed by atoms with Gasteiger partial charge in [-0.05, 0) is 26.7 Å². The smallest absolute Gasteiger partial charge is 0.0483 e. The van der Waals surface area contributed by atoms with Gasteiger partial charge in [-0.2, -0.15) is 0 Å². The molecule has 0 aliphatic carbocycles. The van der Waals surface area contributed by atoms with E-state index in [-0.39, 0.29) is 6.10 Å². The maximum absolute atomic E-state index is 8.06. The molecule has 1 heterocycles. The van der Waals surface area contributed by atoms with Crippen molar-refractivity contribution in [3.05, 3.63) is 0 Å². The molecule has 70 valence electrons. The molecule has 0 aromatic carbocycles. The van der Waals surface area contributed by atoms with E-state index in [0.717, 1.165) is 20.3 Å². The van der Waals surface area contributed by atoms with E-state index >= 15 is 0 Å². The molecule has 11 heavy (non-hydrogen) atoms. The van der Waals surface area contributed by atoms with Crippen LogP contribution in [0.15, 0.2) is 0 Å². The standard InChI is InChI=1S/C4H8O.C3H8O.CH4O/c1-2-4-5-3-1;1-3(2)4;1-2/h1-4H2;3-4H,1-2H3;2H,1H3. The molecule has 0 saturated carbocycles. The molecule has 0 bridgehead atoms.